The molecule has 1 aliphatic heterocycles. The third kappa shape index (κ3) is 4.53. The van der Waals surface area contributed by atoms with Gasteiger partial charge in [0.1, 0.15) is 11.9 Å². The molecule has 3 amide bonds. The highest BCUT2D eigenvalue weighted by atomic mass is 32.2. The normalized spacial score (nSPS) is 19.5. The van der Waals surface area contributed by atoms with E-state index in [1.807, 2.05) is 0 Å². The Hall–Kier alpha value is -3.11. The minimum absolute atomic E-state index is 0.117. The Kier molecular flexibility index (Phi) is 6.31. The lowest BCUT2D eigenvalue weighted by Gasteiger charge is -2.32. The second-order valence-corrected chi connectivity index (χ2v) is 10.1. The van der Waals surface area contributed by atoms with Crippen LogP contribution in [0.15, 0.2) is 53.4 Å². The highest BCUT2D eigenvalue weighted by Gasteiger charge is 2.49. The van der Waals surface area contributed by atoms with Crippen molar-refractivity contribution in [1.29, 1.82) is 0 Å². The van der Waals surface area contributed by atoms with Crippen LogP contribution in [0.3, 0.4) is 0 Å². The lowest BCUT2D eigenvalue weighted by atomic mass is 10.2. The summed E-state index contributed by atoms with van der Waals surface area (Å²) >= 11 is 0. The fourth-order valence-corrected chi connectivity index (χ4v) is 6.31. The Morgan fingerprint density at radius 2 is 1.64 bits per heavy atom. The van der Waals surface area contributed by atoms with E-state index in [-0.39, 0.29) is 17.2 Å². The van der Waals surface area contributed by atoms with Gasteiger partial charge in [-0.15, -0.1) is 0 Å². The maximum absolute atomic E-state index is 13.5. The SMILES string of the molecule is CC(=O)Nc1ccc(N2C(=O)CC(N(C3CCCC3)S(=O)(=O)c3ccc(F)cc3)C2=O)cc1. The fourth-order valence-electron chi connectivity index (χ4n) is 4.49. The van der Waals surface area contributed by atoms with Crippen LogP contribution in [0, 0.1) is 5.82 Å². The number of rotatable bonds is 6. The van der Waals surface area contributed by atoms with Crippen LogP contribution < -0.4 is 10.2 Å². The smallest absolute Gasteiger partial charge is 0.252 e. The summed E-state index contributed by atoms with van der Waals surface area (Å²) in [4.78, 5) is 38.3. The zero-order valence-electron chi connectivity index (χ0n) is 18.0. The van der Waals surface area contributed by atoms with Gasteiger partial charge >= 0.3 is 0 Å². The molecule has 0 bridgehead atoms. The molecule has 1 N–H and O–H groups in total. The van der Waals surface area contributed by atoms with Crippen molar-refractivity contribution in [2.24, 2.45) is 0 Å². The number of halogens is 1. The van der Waals surface area contributed by atoms with Gasteiger partial charge in [0.05, 0.1) is 17.0 Å². The maximum Gasteiger partial charge on any atom is 0.252 e. The third-order valence-corrected chi connectivity index (χ3v) is 7.93. The minimum Gasteiger partial charge on any atom is -0.326 e. The Bertz CT molecular complexity index is 1180. The molecule has 1 atom stereocenters. The van der Waals surface area contributed by atoms with Crippen molar-refractivity contribution in [1.82, 2.24) is 4.31 Å². The molecule has 1 aliphatic carbocycles. The lowest BCUT2D eigenvalue weighted by molar-refractivity contribution is -0.122. The van der Waals surface area contributed by atoms with Gasteiger partial charge in [0, 0.05) is 18.7 Å². The third-order valence-electron chi connectivity index (χ3n) is 5.95. The molecule has 1 unspecified atom stereocenters. The Morgan fingerprint density at radius 1 is 1.03 bits per heavy atom. The van der Waals surface area contributed by atoms with Crippen molar-refractivity contribution in [3.8, 4) is 0 Å². The number of anilines is 2. The minimum atomic E-state index is -4.15. The van der Waals surface area contributed by atoms with Crippen molar-refractivity contribution < 1.29 is 27.2 Å². The van der Waals surface area contributed by atoms with Gasteiger partial charge in [-0.25, -0.2) is 17.7 Å². The summed E-state index contributed by atoms with van der Waals surface area (Å²) in [6.45, 7) is 1.37. The molecule has 2 aromatic rings. The molecule has 33 heavy (non-hydrogen) atoms. The number of nitrogens with one attached hydrogen (secondary N) is 1. The second kappa shape index (κ2) is 9.03. The number of nitrogens with zero attached hydrogens (tertiary/aromatic N) is 2. The molecular weight excluding hydrogens is 449 g/mol. The fraction of sp³-hybridized carbons (Fsp3) is 0.348. The number of carbonyl (C=O) groups is 3. The number of amides is 3. The highest BCUT2D eigenvalue weighted by molar-refractivity contribution is 7.89. The van der Waals surface area contributed by atoms with E-state index >= 15 is 0 Å². The number of hydrogen-bond donors (Lipinski definition) is 1. The predicted molar refractivity (Wildman–Crippen MR) is 119 cm³/mol. The summed E-state index contributed by atoms with van der Waals surface area (Å²) in [5.41, 5.74) is 0.806. The van der Waals surface area contributed by atoms with Crippen molar-refractivity contribution in [2.45, 2.75) is 56.0 Å². The first kappa shape index (κ1) is 23.1. The first-order chi connectivity index (χ1) is 15.7. The van der Waals surface area contributed by atoms with E-state index in [1.165, 1.54) is 35.5 Å². The van der Waals surface area contributed by atoms with E-state index in [0.717, 1.165) is 29.9 Å². The van der Waals surface area contributed by atoms with Crippen LogP contribution in [0.4, 0.5) is 15.8 Å². The van der Waals surface area contributed by atoms with Crippen LogP contribution in [-0.2, 0) is 24.4 Å². The van der Waals surface area contributed by atoms with E-state index in [2.05, 4.69) is 5.32 Å². The molecule has 1 heterocycles. The van der Waals surface area contributed by atoms with Gasteiger partial charge in [-0.05, 0) is 61.4 Å². The molecule has 174 valence electrons. The first-order valence-electron chi connectivity index (χ1n) is 10.7. The number of sulfonamides is 1. The molecule has 10 heteroatoms. The van der Waals surface area contributed by atoms with Crippen LogP contribution in [0.1, 0.15) is 39.0 Å². The molecule has 1 saturated carbocycles. The Labute approximate surface area is 191 Å². The van der Waals surface area contributed by atoms with Crippen LogP contribution in [0.2, 0.25) is 0 Å². The van der Waals surface area contributed by atoms with Crippen LogP contribution >= 0.6 is 0 Å². The standard InChI is InChI=1S/C23H24FN3O5S/c1-15(28)25-17-8-10-18(11-9-17)26-22(29)14-21(23(26)30)27(19-4-2-3-5-19)33(31,32)20-12-6-16(24)7-13-20/h6-13,19,21H,2-5,14H2,1H3,(H,25,28). The van der Waals surface area contributed by atoms with Crippen LogP contribution in [0.5, 0.6) is 0 Å². The van der Waals surface area contributed by atoms with Gasteiger partial charge in [0.25, 0.3) is 5.91 Å². The van der Waals surface area contributed by atoms with Gasteiger partial charge in [-0.3, -0.25) is 14.4 Å². The zero-order chi connectivity index (χ0) is 23.8. The number of hydrogen-bond acceptors (Lipinski definition) is 5. The monoisotopic (exact) mass is 473 g/mol. The highest BCUT2D eigenvalue weighted by Crippen LogP contribution is 2.35. The van der Waals surface area contributed by atoms with Crippen molar-refractivity contribution in [2.75, 3.05) is 10.2 Å². The number of benzene rings is 2. The molecule has 2 fully saturated rings. The van der Waals surface area contributed by atoms with Crippen molar-refractivity contribution in [3.63, 3.8) is 0 Å². The molecule has 8 nitrogen and oxygen atoms in total. The summed E-state index contributed by atoms with van der Waals surface area (Å²) in [5.74, 6) is -1.95. The summed E-state index contributed by atoms with van der Waals surface area (Å²) in [6.07, 6.45) is 2.55. The maximum atomic E-state index is 13.5. The van der Waals surface area contributed by atoms with E-state index in [1.54, 1.807) is 12.1 Å². The molecule has 1 saturated heterocycles. The largest absolute Gasteiger partial charge is 0.326 e. The molecule has 2 aliphatic rings. The Morgan fingerprint density at radius 3 is 2.21 bits per heavy atom. The summed E-state index contributed by atoms with van der Waals surface area (Å²) in [5, 5.41) is 2.61. The second-order valence-electron chi connectivity index (χ2n) is 8.24. The lowest BCUT2D eigenvalue weighted by Crippen LogP contribution is -2.49. The topological polar surface area (TPSA) is 104 Å². The van der Waals surface area contributed by atoms with Gasteiger partial charge in [-0.2, -0.15) is 4.31 Å². The first-order valence-corrected chi connectivity index (χ1v) is 12.2. The van der Waals surface area contributed by atoms with E-state index in [0.29, 0.717) is 24.2 Å². The predicted octanol–water partition coefficient (Wildman–Crippen LogP) is 3.05. The van der Waals surface area contributed by atoms with Crippen LogP contribution in [0.25, 0.3) is 0 Å². The van der Waals surface area contributed by atoms with Crippen molar-refractivity contribution >= 4 is 39.1 Å². The van der Waals surface area contributed by atoms with Gasteiger partial charge < -0.3 is 5.32 Å². The van der Waals surface area contributed by atoms with Crippen LogP contribution in [-0.4, -0.2) is 42.5 Å². The summed E-state index contributed by atoms with van der Waals surface area (Å²) in [7, 11) is -4.15. The average molecular weight is 474 g/mol. The van der Waals surface area contributed by atoms with Gasteiger partial charge in [0.2, 0.25) is 21.8 Å². The molecular formula is C23H24FN3O5S. The van der Waals surface area contributed by atoms with E-state index in [9.17, 15) is 27.2 Å². The molecule has 4 rings (SSSR count). The van der Waals surface area contributed by atoms with Crippen molar-refractivity contribution in [3.05, 3.63) is 54.3 Å². The molecule has 0 radical (unpaired) electrons. The number of carbonyl (C=O) groups excluding carboxylic acids is 3. The average Bonchev–Trinajstić information content (AvgIpc) is 3.37. The zero-order valence-corrected chi connectivity index (χ0v) is 18.8. The van der Waals surface area contributed by atoms with Gasteiger partial charge in [-0.1, -0.05) is 12.8 Å². The van der Waals surface area contributed by atoms with Gasteiger partial charge in [0.15, 0.2) is 0 Å². The molecule has 0 aromatic heterocycles. The molecule has 0 spiro atoms. The number of imide groups is 1. The Balaban J connectivity index is 1.67. The van der Waals surface area contributed by atoms with E-state index in [4.69, 9.17) is 0 Å². The molecule has 2 aromatic carbocycles. The summed E-state index contributed by atoms with van der Waals surface area (Å²) in [6, 6.07) is 9.06. The van der Waals surface area contributed by atoms with E-state index < -0.39 is 39.7 Å². The quantitative estimate of drug-likeness (QED) is 0.650. The summed E-state index contributed by atoms with van der Waals surface area (Å²) < 4.78 is 41.6.